The Hall–Kier alpha value is -1.95. The van der Waals surface area contributed by atoms with Crippen molar-refractivity contribution in [1.82, 2.24) is 15.0 Å². The molecule has 5 nitrogen and oxygen atoms in total. The van der Waals surface area contributed by atoms with Crippen LogP contribution in [0.25, 0.3) is 0 Å². The molecule has 0 N–H and O–H groups in total. The minimum Gasteiger partial charge on any atom is -0.339 e. The van der Waals surface area contributed by atoms with Gasteiger partial charge in [0.15, 0.2) is 5.82 Å². The first kappa shape index (κ1) is 17.5. The van der Waals surface area contributed by atoms with Crippen LogP contribution in [0.15, 0.2) is 22.7 Å². The number of fused-ring (bicyclic) bond motifs is 1. The van der Waals surface area contributed by atoms with E-state index in [0.717, 1.165) is 19.3 Å². The highest BCUT2D eigenvalue weighted by atomic mass is 35.5. The summed E-state index contributed by atoms with van der Waals surface area (Å²) in [4.78, 5) is 19.2. The molecule has 4 rings (SSSR count). The lowest BCUT2D eigenvalue weighted by molar-refractivity contribution is 0.0772. The van der Waals surface area contributed by atoms with Crippen LogP contribution in [-0.2, 0) is 5.41 Å². The van der Waals surface area contributed by atoms with E-state index >= 15 is 0 Å². The molecule has 26 heavy (non-hydrogen) atoms. The molecule has 0 radical (unpaired) electrons. The third kappa shape index (κ3) is 2.71. The Balaban J connectivity index is 1.64. The summed E-state index contributed by atoms with van der Waals surface area (Å²) >= 11 is 5.95. The van der Waals surface area contributed by atoms with Gasteiger partial charge in [-0.2, -0.15) is 4.98 Å². The van der Waals surface area contributed by atoms with E-state index in [9.17, 15) is 9.18 Å². The number of carbonyl (C=O) groups excluding carboxylic acids is 1. The van der Waals surface area contributed by atoms with Gasteiger partial charge in [0.25, 0.3) is 5.91 Å². The van der Waals surface area contributed by atoms with Gasteiger partial charge < -0.3 is 9.42 Å². The predicted molar refractivity (Wildman–Crippen MR) is 94.7 cm³/mol. The highest BCUT2D eigenvalue weighted by molar-refractivity contribution is 6.31. The number of amides is 1. The molecule has 2 heterocycles. The fourth-order valence-electron chi connectivity index (χ4n) is 4.31. The average Bonchev–Trinajstić information content (AvgIpc) is 3.29. The number of hydrogen-bond donors (Lipinski definition) is 0. The number of benzene rings is 1. The van der Waals surface area contributed by atoms with Crippen LogP contribution in [-0.4, -0.2) is 34.0 Å². The molecule has 1 aromatic carbocycles. The first-order chi connectivity index (χ1) is 12.4. The molecular formula is C19H21ClFN3O2. The van der Waals surface area contributed by atoms with Crippen LogP contribution in [0.5, 0.6) is 0 Å². The van der Waals surface area contributed by atoms with E-state index < -0.39 is 5.82 Å². The topological polar surface area (TPSA) is 59.2 Å². The maximum Gasteiger partial charge on any atom is 0.256 e. The van der Waals surface area contributed by atoms with E-state index in [1.807, 2.05) is 13.8 Å². The third-order valence-electron chi connectivity index (χ3n) is 5.70. The minimum atomic E-state index is -0.549. The Bertz CT molecular complexity index is 853. The second-order valence-electron chi connectivity index (χ2n) is 7.67. The van der Waals surface area contributed by atoms with Gasteiger partial charge in [-0.1, -0.05) is 37.0 Å². The summed E-state index contributed by atoms with van der Waals surface area (Å²) < 4.78 is 19.5. The zero-order valence-corrected chi connectivity index (χ0v) is 15.6. The molecule has 0 unspecified atom stereocenters. The molecule has 2 aromatic rings. The minimum absolute atomic E-state index is 0.0172. The summed E-state index contributed by atoms with van der Waals surface area (Å²) in [7, 11) is 0. The molecule has 1 aliphatic heterocycles. The van der Waals surface area contributed by atoms with Gasteiger partial charge in [-0.3, -0.25) is 4.79 Å². The zero-order valence-electron chi connectivity index (χ0n) is 14.8. The van der Waals surface area contributed by atoms with E-state index in [1.54, 1.807) is 4.90 Å². The van der Waals surface area contributed by atoms with Crippen molar-refractivity contribution in [2.45, 2.75) is 44.4 Å². The van der Waals surface area contributed by atoms with E-state index in [4.69, 9.17) is 16.1 Å². The molecule has 1 aliphatic carbocycles. The molecule has 7 heteroatoms. The predicted octanol–water partition coefficient (Wildman–Crippen LogP) is 4.18. The number of hydrogen-bond acceptors (Lipinski definition) is 4. The fourth-order valence-corrected chi connectivity index (χ4v) is 4.49. The molecule has 2 atom stereocenters. The summed E-state index contributed by atoms with van der Waals surface area (Å²) in [5.41, 5.74) is -0.273. The maximum absolute atomic E-state index is 14.1. The molecule has 1 amide bonds. The zero-order chi connectivity index (χ0) is 18.5. The van der Waals surface area contributed by atoms with Crippen LogP contribution < -0.4 is 0 Å². The lowest BCUT2D eigenvalue weighted by atomic mass is 9.80. The Morgan fingerprint density at radius 3 is 3.00 bits per heavy atom. The Morgan fingerprint density at radius 1 is 1.46 bits per heavy atom. The number of likely N-dealkylation sites (tertiary alicyclic amines) is 1. The monoisotopic (exact) mass is 377 g/mol. The van der Waals surface area contributed by atoms with Gasteiger partial charge in [0.05, 0.1) is 11.0 Å². The lowest BCUT2D eigenvalue weighted by Gasteiger charge is -2.24. The highest BCUT2D eigenvalue weighted by Gasteiger charge is 2.54. The first-order valence-electron chi connectivity index (χ1n) is 8.99. The normalized spacial score (nSPS) is 25.1. The van der Waals surface area contributed by atoms with Crippen molar-refractivity contribution in [3.63, 3.8) is 0 Å². The van der Waals surface area contributed by atoms with Crippen LogP contribution in [0.3, 0.4) is 0 Å². The summed E-state index contributed by atoms with van der Waals surface area (Å²) in [6, 6.07) is 4.07. The molecule has 1 saturated heterocycles. The van der Waals surface area contributed by atoms with Crippen molar-refractivity contribution < 1.29 is 13.7 Å². The van der Waals surface area contributed by atoms with Gasteiger partial charge in [-0.15, -0.1) is 0 Å². The quantitative estimate of drug-likeness (QED) is 0.805. The van der Waals surface area contributed by atoms with Crippen LogP contribution in [0, 0.1) is 11.7 Å². The molecule has 1 saturated carbocycles. The largest absolute Gasteiger partial charge is 0.339 e. The van der Waals surface area contributed by atoms with Crippen LogP contribution in [0.1, 0.15) is 61.1 Å². The van der Waals surface area contributed by atoms with Crippen molar-refractivity contribution >= 4 is 17.5 Å². The molecule has 1 aromatic heterocycles. The molecule has 138 valence electrons. The van der Waals surface area contributed by atoms with Gasteiger partial charge >= 0.3 is 0 Å². The Kier molecular flexibility index (Phi) is 4.26. The van der Waals surface area contributed by atoms with Crippen molar-refractivity contribution in [2.24, 2.45) is 5.92 Å². The van der Waals surface area contributed by atoms with Crippen LogP contribution >= 0.6 is 11.6 Å². The van der Waals surface area contributed by atoms with Gasteiger partial charge in [0, 0.05) is 24.0 Å². The van der Waals surface area contributed by atoms with Crippen molar-refractivity contribution in [3.05, 3.63) is 46.3 Å². The Labute approximate surface area is 156 Å². The lowest BCUT2D eigenvalue weighted by Crippen LogP contribution is -2.35. The Morgan fingerprint density at radius 2 is 2.27 bits per heavy atom. The summed E-state index contributed by atoms with van der Waals surface area (Å²) in [5.74, 6) is 0.855. The first-order valence-corrected chi connectivity index (χ1v) is 9.37. The van der Waals surface area contributed by atoms with E-state index in [0.29, 0.717) is 29.8 Å². The molecular weight excluding hydrogens is 357 g/mol. The maximum atomic E-state index is 14.1. The molecule has 2 fully saturated rings. The van der Waals surface area contributed by atoms with Crippen LogP contribution in [0.4, 0.5) is 4.39 Å². The summed E-state index contributed by atoms with van der Waals surface area (Å²) in [6.45, 7) is 5.08. The second kappa shape index (κ2) is 6.34. The van der Waals surface area contributed by atoms with Crippen molar-refractivity contribution in [1.29, 1.82) is 0 Å². The van der Waals surface area contributed by atoms with Gasteiger partial charge in [0.2, 0.25) is 5.89 Å². The smallest absolute Gasteiger partial charge is 0.256 e. The third-order valence-corrected chi connectivity index (χ3v) is 5.93. The molecule has 0 bridgehead atoms. The summed E-state index contributed by atoms with van der Waals surface area (Å²) in [5, 5.41) is 4.58. The second-order valence-corrected chi connectivity index (χ2v) is 8.10. The van der Waals surface area contributed by atoms with Gasteiger partial charge in [0.1, 0.15) is 5.82 Å². The fraction of sp³-hybridized carbons (Fsp3) is 0.526. The molecule has 2 aliphatic rings. The number of rotatable bonds is 3. The van der Waals surface area contributed by atoms with Crippen molar-refractivity contribution in [3.8, 4) is 0 Å². The van der Waals surface area contributed by atoms with E-state index in [1.165, 1.54) is 18.2 Å². The highest BCUT2D eigenvalue weighted by Crippen LogP contribution is 2.50. The van der Waals surface area contributed by atoms with Gasteiger partial charge in [-0.25, -0.2) is 4.39 Å². The molecule has 0 spiro atoms. The van der Waals surface area contributed by atoms with Crippen molar-refractivity contribution in [2.75, 3.05) is 13.1 Å². The van der Waals surface area contributed by atoms with Crippen LogP contribution in [0.2, 0.25) is 5.02 Å². The SMILES string of the molecule is CC(C)c1nc([C@@]23CCC[C@@H]2CN(C(=O)c2cc(Cl)ccc2F)C3)no1. The number of aromatic nitrogens is 2. The number of carbonyl (C=O) groups is 1. The number of nitrogens with zero attached hydrogens (tertiary/aromatic N) is 3. The standard InChI is InChI=1S/C19H21ClFN3O2/c1-11(2)16-22-18(23-26-16)19-7-3-4-12(19)9-24(10-19)17(25)14-8-13(20)5-6-15(14)21/h5-6,8,11-12H,3-4,7,9-10H2,1-2H3/t12-,19-/m1/s1. The average molecular weight is 378 g/mol. The van der Waals surface area contributed by atoms with Gasteiger partial charge in [-0.05, 0) is 37.0 Å². The van der Waals surface area contributed by atoms with E-state index in [-0.39, 0.29) is 28.7 Å². The number of halogens is 2. The summed E-state index contributed by atoms with van der Waals surface area (Å²) in [6.07, 6.45) is 2.99. The van der Waals surface area contributed by atoms with E-state index in [2.05, 4.69) is 10.1 Å².